The van der Waals surface area contributed by atoms with E-state index in [9.17, 15) is 0 Å². The molecule has 0 spiro atoms. The average molecular weight is 634 g/mol. The number of hydrogen-bond donors (Lipinski definition) is 3. The van der Waals surface area contributed by atoms with E-state index in [0.29, 0.717) is 0 Å². The van der Waals surface area contributed by atoms with Crippen molar-refractivity contribution < 1.29 is 0 Å². The maximum absolute atomic E-state index is 7.02. The smallest absolute Gasteiger partial charge is 0.0823 e. The minimum Gasteiger partial charge on any atom is -0.541 e. The molecule has 0 saturated heterocycles. The average Bonchev–Trinajstić information content (AvgIpc) is 3.94. The Kier molecular flexibility index (Phi) is 6.84. The summed E-state index contributed by atoms with van der Waals surface area (Å²) in [6, 6.07) is 46.6. The number of aromatic amines is 3. The lowest BCUT2D eigenvalue weighted by atomic mass is 9.92. The van der Waals surface area contributed by atoms with E-state index in [0.717, 1.165) is 25.7 Å². The van der Waals surface area contributed by atoms with Crippen molar-refractivity contribution in [1.29, 1.82) is 0 Å². The summed E-state index contributed by atoms with van der Waals surface area (Å²) in [5.74, 6) is 0.114. The van der Waals surface area contributed by atoms with Crippen LogP contribution < -0.4 is 5.30 Å². The minimum absolute atomic E-state index is 0.0568. The van der Waals surface area contributed by atoms with Gasteiger partial charge in [-0.25, -0.2) is 0 Å². The number of H-pyrrole nitrogens is 3. The highest BCUT2D eigenvalue weighted by Gasteiger charge is 2.47. The lowest BCUT2D eigenvalue weighted by Crippen LogP contribution is -2.14. The molecule has 8 bridgehead atoms. The molecule has 1 fully saturated rings. The van der Waals surface area contributed by atoms with Crippen molar-refractivity contribution >= 4 is 24.0 Å². The third-order valence-corrected chi connectivity index (χ3v) is 15.6. The van der Waals surface area contributed by atoms with Crippen LogP contribution in [0, 0.1) is 0 Å². The van der Waals surface area contributed by atoms with Crippen LogP contribution in [0.5, 0.6) is 0 Å². The van der Waals surface area contributed by atoms with Crippen LogP contribution in [0.2, 0.25) is 0 Å². The van der Waals surface area contributed by atoms with Crippen LogP contribution in [0.4, 0.5) is 0 Å². The summed E-state index contributed by atoms with van der Waals surface area (Å²) in [4.78, 5) is 11.8. The topological polar surface area (TPSA) is 47.4 Å². The van der Waals surface area contributed by atoms with Gasteiger partial charge in [0.2, 0.25) is 0 Å². The van der Waals surface area contributed by atoms with E-state index < -0.39 is 6.46 Å². The van der Waals surface area contributed by atoms with Gasteiger partial charge in [0.15, 0.2) is 0 Å². The summed E-state index contributed by atoms with van der Waals surface area (Å²) in [6.45, 7) is -2.18. The number of nitrogens with one attached hydrogen (secondary N) is 3. The summed E-state index contributed by atoms with van der Waals surface area (Å²) in [6.07, 6.45) is 5.23. The second kappa shape index (κ2) is 11.2. The Bertz CT molecular complexity index is 1970. The highest BCUT2D eigenvalue weighted by molar-refractivity contribution is 8.48. The van der Waals surface area contributed by atoms with Gasteiger partial charge in [0.25, 0.3) is 0 Å². The number of fused-ring (bicyclic) bond motifs is 9. The maximum atomic E-state index is 7.02. The monoisotopic (exact) mass is 633 g/mol. The number of rotatable bonds is 3. The molecule has 1 aliphatic carbocycles. The SMILES string of the molecule is [S-][P+]1(c2ccccc2)C2=C3CCCC3=C1Cc1ccc([nH]1)C(c1ccccc1)c1ccc([nH]1)C(c1ccccc1)c1ccc([nH]1)C2. The highest BCUT2D eigenvalue weighted by atomic mass is 32.7. The van der Waals surface area contributed by atoms with Crippen LogP contribution in [-0.2, 0) is 25.1 Å². The van der Waals surface area contributed by atoms with Crippen LogP contribution in [0.15, 0.2) is 149 Å². The zero-order valence-electron chi connectivity index (χ0n) is 25.7. The van der Waals surface area contributed by atoms with Crippen molar-refractivity contribution in [2.24, 2.45) is 0 Å². The normalized spacial score (nSPS) is 22.4. The van der Waals surface area contributed by atoms with Crippen LogP contribution >= 0.6 is 6.46 Å². The van der Waals surface area contributed by atoms with Crippen LogP contribution in [0.3, 0.4) is 0 Å². The van der Waals surface area contributed by atoms with Gasteiger partial charge in [0, 0.05) is 47.0 Å². The largest absolute Gasteiger partial charge is 0.541 e. The van der Waals surface area contributed by atoms with Gasteiger partial charge in [-0.1, -0.05) is 78.9 Å². The van der Waals surface area contributed by atoms with E-state index in [1.807, 2.05) is 0 Å². The Hall–Kier alpha value is -4.24. The van der Waals surface area contributed by atoms with E-state index >= 15 is 0 Å². The fourth-order valence-corrected chi connectivity index (χ4v) is 13.2. The molecule has 46 heavy (non-hydrogen) atoms. The molecule has 2 unspecified atom stereocenters. The number of allylic oxidation sites excluding steroid dienone is 4. The fraction of sp³-hybridized carbons (Fsp3) is 0.171. The zero-order valence-corrected chi connectivity index (χ0v) is 27.4. The number of benzene rings is 3. The lowest BCUT2D eigenvalue weighted by molar-refractivity contribution is 0.844. The number of hydrogen-bond acceptors (Lipinski definition) is 1. The van der Waals surface area contributed by atoms with Crippen molar-refractivity contribution in [2.45, 2.75) is 43.9 Å². The van der Waals surface area contributed by atoms with Gasteiger partial charge < -0.3 is 27.2 Å². The van der Waals surface area contributed by atoms with E-state index in [1.165, 1.54) is 67.6 Å². The lowest BCUT2D eigenvalue weighted by Gasteiger charge is -2.34. The molecule has 9 rings (SSSR count). The summed E-state index contributed by atoms with van der Waals surface area (Å²) < 4.78 is 0. The predicted molar refractivity (Wildman–Crippen MR) is 193 cm³/mol. The first-order chi connectivity index (χ1) is 22.7. The molecule has 3 N–H and O–H groups in total. The van der Waals surface area contributed by atoms with Gasteiger partial charge in [-0.3, -0.25) is 0 Å². The molecule has 0 amide bonds. The Morgan fingerprint density at radius 3 is 1.37 bits per heavy atom. The first-order valence-corrected chi connectivity index (χ1v) is 19.2. The molecule has 3 aromatic heterocycles. The van der Waals surface area contributed by atoms with Gasteiger partial charge in [-0.2, -0.15) is 0 Å². The first-order valence-electron chi connectivity index (χ1n) is 16.4. The van der Waals surface area contributed by atoms with Gasteiger partial charge in [0.1, 0.15) is 0 Å². The molecule has 1 saturated carbocycles. The van der Waals surface area contributed by atoms with Crippen molar-refractivity contribution in [1.82, 2.24) is 15.0 Å². The molecule has 0 radical (unpaired) electrons. The van der Waals surface area contributed by atoms with Crippen molar-refractivity contribution in [2.75, 3.05) is 0 Å². The Balaban J connectivity index is 1.28. The molecule has 226 valence electrons. The van der Waals surface area contributed by atoms with Gasteiger partial charge >= 0.3 is 0 Å². The van der Waals surface area contributed by atoms with Crippen molar-refractivity contribution in [3.05, 3.63) is 194 Å². The Labute approximate surface area is 276 Å². The zero-order chi connectivity index (χ0) is 30.7. The predicted octanol–water partition coefficient (Wildman–Crippen LogP) is 9.64. The van der Waals surface area contributed by atoms with Gasteiger partial charge in [-0.15, -0.1) is 0 Å². The van der Waals surface area contributed by atoms with Crippen LogP contribution in [0.1, 0.15) is 76.4 Å². The van der Waals surface area contributed by atoms with E-state index in [4.69, 9.17) is 12.2 Å². The number of aromatic nitrogens is 3. The van der Waals surface area contributed by atoms with Gasteiger partial charge in [0.05, 0.1) is 27.8 Å². The van der Waals surface area contributed by atoms with Crippen LogP contribution in [-0.4, -0.2) is 15.0 Å². The molecule has 3 aliphatic rings. The molecule has 3 nitrogen and oxygen atoms in total. The molecule has 6 aromatic rings. The first kappa shape index (κ1) is 28.0. The molecule has 3 aromatic carbocycles. The summed E-state index contributed by atoms with van der Waals surface area (Å²) >= 11 is 7.02. The fourth-order valence-electron chi connectivity index (χ4n) is 8.24. The van der Waals surface area contributed by atoms with E-state index in [-0.39, 0.29) is 11.8 Å². The summed E-state index contributed by atoms with van der Waals surface area (Å²) in [5, 5.41) is 4.33. The third-order valence-electron chi connectivity index (χ3n) is 10.3. The van der Waals surface area contributed by atoms with Crippen molar-refractivity contribution in [3.63, 3.8) is 0 Å². The summed E-state index contributed by atoms with van der Waals surface area (Å²) in [7, 11) is 0. The standard InChI is InChI=1S/C41H36N3PS/c46-45(31-15-8-3-9-16-31)38-25-29-19-21-34(42-29)40(27-11-4-1-5-12-27)36-23-24-37(44-36)41(28-13-6-2-7-14-28)35-22-20-30(43-35)26-39(45)33-18-10-17-32(33)38/h1-9,11-16,19-24,40-44H,10,17-18,25-26H2. The Morgan fingerprint density at radius 2 is 0.891 bits per heavy atom. The highest BCUT2D eigenvalue weighted by Crippen LogP contribution is 2.77. The molecule has 5 heterocycles. The summed E-state index contributed by atoms with van der Waals surface area (Å²) in [5.41, 5.74) is 12.9. The minimum atomic E-state index is -2.18. The third kappa shape index (κ3) is 4.54. The van der Waals surface area contributed by atoms with Crippen molar-refractivity contribution in [3.8, 4) is 0 Å². The van der Waals surface area contributed by atoms with Gasteiger partial charge in [-0.05, 0) is 96.5 Å². The second-order valence-electron chi connectivity index (χ2n) is 12.9. The molecular weight excluding hydrogens is 598 g/mol. The molecule has 2 aliphatic heterocycles. The molecular formula is C41H36N3PS. The molecule has 2 atom stereocenters. The van der Waals surface area contributed by atoms with Crippen LogP contribution in [0.25, 0.3) is 0 Å². The van der Waals surface area contributed by atoms with E-state index in [1.54, 1.807) is 11.1 Å². The van der Waals surface area contributed by atoms with E-state index in [2.05, 4.69) is 142 Å². The quantitative estimate of drug-likeness (QED) is 0.132. The second-order valence-corrected chi connectivity index (χ2v) is 17.4. The Morgan fingerprint density at radius 1 is 0.478 bits per heavy atom. The maximum Gasteiger partial charge on any atom is 0.0823 e. The molecule has 5 heteroatoms.